The van der Waals surface area contributed by atoms with Crippen molar-refractivity contribution in [1.82, 2.24) is 10.6 Å². The van der Waals surface area contributed by atoms with Gasteiger partial charge in [-0.1, -0.05) is 66.7 Å². The highest BCUT2D eigenvalue weighted by atomic mass is 16.2. The third kappa shape index (κ3) is 4.71. The Bertz CT molecular complexity index is 969. The molecule has 2 amide bonds. The third-order valence-electron chi connectivity index (χ3n) is 4.18. The van der Waals surface area contributed by atoms with E-state index in [1.807, 2.05) is 12.1 Å². The van der Waals surface area contributed by atoms with Crippen LogP contribution in [0.1, 0.15) is 36.6 Å². The first-order valence-electron chi connectivity index (χ1n) is 8.97. The zero-order valence-electron chi connectivity index (χ0n) is 15.2. The largest absolute Gasteiger partial charge is 0.350 e. The van der Waals surface area contributed by atoms with E-state index in [-0.39, 0.29) is 30.7 Å². The number of ketones is 1. The monoisotopic (exact) mass is 372 g/mol. The zero-order valence-corrected chi connectivity index (χ0v) is 15.2. The van der Waals surface area contributed by atoms with Crippen LogP contribution >= 0.6 is 0 Å². The highest BCUT2D eigenvalue weighted by Gasteiger charge is 2.17. The van der Waals surface area contributed by atoms with Gasteiger partial charge in [0.05, 0.1) is 5.56 Å². The van der Waals surface area contributed by atoms with E-state index >= 15 is 0 Å². The summed E-state index contributed by atoms with van der Waals surface area (Å²) in [4.78, 5) is 37.2. The Hall–Kier alpha value is -3.73. The predicted molar refractivity (Wildman–Crippen MR) is 107 cm³/mol. The molecule has 140 valence electrons. The number of nitrogens with one attached hydrogen (secondary N) is 2. The number of rotatable bonds is 7. The van der Waals surface area contributed by atoms with Crippen LogP contribution in [-0.2, 0) is 0 Å². The first-order chi connectivity index (χ1) is 13.7. The summed E-state index contributed by atoms with van der Waals surface area (Å²) in [7, 11) is 0. The van der Waals surface area contributed by atoms with Crippen LogP contribution in [-0.4, -0.2) is 30.7 Å². The molecule has 5 nitrogen and oxygen atoms in total. The van der Waals surface area contributed by atoms with Crippen molar-refractivity contribution >= 4 is 17.6 Å². The smallest absolute Gasteiger partial charge is 0.252 e. The van der Waals surface area contributed by atoms with E-state index in [0.717, 1.165) is 0 Å². The maximum Gasteiger partial charge on any atom is 0.252 e. The Morgan fingerprint density at radius 1 is 0.536 bits per heavy atom. The molecular weight excluding hydrogens is 352 g/mol. The predicted octanol–water partition coefficient (Wildman–Crippen LogP) is 3.08. The Labute approximate surface area is 163 Å². The molecule has 0 unspecified atom stereocenters. The number of benzene rings is 3. The van der Waals surface area contributed by atoms with Crippen molar-refractivity contribution < 1.29 is 14.4 Å². The molecule has 28 heavy (non-hydrogen) atoms. The van der Waals surface area contributed by atoms with Crippen molar-refractivity contribution in [3.8, 4) is 0 Å². The van der Waals surface area contributed by atoms with Crippen LogP contribution in [0.15, 0.2) is 84.9 Å². The van der Waals surface area contributed by atoms with Crippen LogP contribution in [0.3, 0.4) is 0 Å². The second kappa shape index (κ2) is 9.28. The van der Waals surface area contributed by atoms with Gasteiger partial charge in [-0.2, -0.15) is 0 Å². The standard InChI is InChI=1S/C23H20N2O3/c26-21(17-9-3-1-4-10-17)19-13-7-8-14-20(19)23(28)25-16-15-24-22(27)18-11-5-2-6-12-18/h1-14H,15-16H2,(H,24,27)(H,25,28). The topological polar surface area (TPSA) is 75.3 Å². The van der Waals surface area contributed by atoms with Gasteiger partial charge in [-0.25, -0.2) is 0 Å². The normalized spacial score (nSPS) is 10.1. The maximum atomic E-state index is 12.7. The third-order valence-corrected chi connectivity index (χ3v) is 4.18. The molecule has 3 rings (SSSR count). The van der Waals surface area contributed by atoms with Crippen LogP contribution in [0.4, 0.5) is 0 Å². The van der Waals surface area contributed by atoms with Gasteiger partial charge in [0.15, 0.2) is 5.78 Å². The van der Waals surface area contributed by atoms with Gasteiger partial charge in [0.2, 0.25) is 0 Å². The SMILES string of the molecule is O=C(NCCNC(=O)c1ccccc1C(=O)c1ccccc1)c1ccccc1. The molecule has 0 aliphatic rings. The Morgan fingerprint density at radius 2 is 1.00 bits per heavy atom. The molecule has 0 aliphatic carbocycles. The van der Waals surface area contributed by atoms with E-state index in [2.05, 4.69) is 10.6 Å². The average molecular weight is 372 g/mol. The highest BCUT2D eigenvalue weighted by Crippen LogP contribution is 2.14. The van der Waals surface area contributed by atoms with Crippen molar-refractivity contribution in [3.63, 3.8) is 0 Å². The summed E-state index contributed by atoms with van der Waals surface area (Å²) in [5.74, 6) is -0.757. The summed E-state index contributed by atoms with van der Waals surface area (Å²) >= 11 is 0. The van der Waals surface area contributed by atoms with Gasteiger partial charge >= 0.3 is 0 Å². The lowest BCUT2D eigenvalue weighted by atomic mass is 9.98. The Kier molecular flexibility index (Phi) is 6.31. The molecule has 0 fully saturated rings. The van der Waals surface area contributed by atoms with Gasteiger partial charge in [0, 0.05) is 29.8 Å². The minimum Gasteiger partial charge on any atom is -0.350 e. The summed E-state index contributed by atoms with van der Waals surface area (Å²) in [6.45, 7) is 0.541. The molecule has 0 bridgehead atoms. The second-order valence-corrected chi connectivity index (χ2v) is 6.12. The molecule has 3 aromatic carbocycles. The van der Waals surface area contributed by atoms with E-state index in [9.17, 15) is 14.4 Å². The Morgan fingerprint density at radius 3 is 1.61 bits per heavy atom. The van der Waals surface area contributed by atoms with E-state index in [4.69, 9.17) is 0 Å². The fourth-order valence-corrected chi connectivity index (χ4v) is 2.76. The maximum absolute atomic E-state index is 12.7. The number of hydrogen-bond donors (Lipinski definition) is 2. The molecule has 0 saturated heterocycles. The molecule has 5 heteroatoms. The first-order valence-corrected chi connectivity index (χ1v) is 8.97. The lowest BCUT2D eigenvalue weighted by molar-refractivity contribution is 0.0924. The van der Waals surface area contributed by atoms with Gasteiger partial charge in [-0.15, -0.1) is 0 Å². The van der Waals surface area contributed by atoms with Gasteiger partial charge in [0.25, 0.3) is 11.8 Å². The molecule has 0 saturated carbocycles. The molecule has 0 radical (unpaired) electrons. The molecule has 0 spiro atoms. The first kappa shape index (κ1) is 19.0. The summed E-state index contributed by atoms with van der Waals surface area (Å²) < 4.78 is 0. The summed E-state index contributed by atoms with van der Waals surface area (Å²) in [5.41, 5.74) is 1.75. The van der Waals surface area contributed by atoms with Crippen molar-refractivity contribution in [1.29, 1.82) is 0 Å². The average Bonchev–Trinajstić information content (AvgIpc) is 2.77. The molecule has 3 aromatic rings. The molecular formula is C23H20N2O3. The van der Waals surface area contributed by atoms with Gasteiger partial charge in [-0.3, -0.25) is 14.4 Å². The quantitative estimate of drug-likeness (QED) is 0.494. The summed E-state index contributed by atoms with van der Waals surface area (Å²) in [6.07, 6.45) is 0. The van der Waals surface area contributed by atoms with Crippen LogP contribution in [0.5, 0.6) is 0 Å². The number of amides is 2. The molecule has 2 N–H and O–H groups in total. The van der Waals surface area contributed by atoms with Gasteiger partial charge in [0.1, 0.15) is 0 Å². The summed E-state index contributed by atoms with van der Waals surface area (Å²) in [6, 6.07) is 24.4. The number of hydrogen-bond acceptors (Lipinski definition) is 3. The lowest BCUT2D eigenvalue weighted by Crippen LogP contribution is -2.35. The highest BCUT2D eigenvalue weighted by molar-refractivity contribution is 6.15. The zero-order chi connectivity index (χ0) is 19.8. The van der Waals surface area contributed by atoms with E-state index < -0.39 is 0 Å². The number of carbonyl (C=O) groups is 3. The molecule has 0 heterocycles. The Balaban J connectivity index is 1.59. The summed E-state index contributed by atoms with van der Waals surface area (Å²) in [5, 5.41) is 5.50. The fourth-order valence-electron chi connectivity index (χ4n) is 2.76. The van der Waals surface area contributed by atoms with E-state index in [0.29, 0.717) is 22.3 Å². The van der Waals surface area contributed by atoms with E-state index in [1.165, 1.54) is 0 Å². The van der Waals surface area contributed by atoms with Crippen LogP contribution in [0.2, 0.25) is 0 Å². The molecule has 0 aliphatic heterocycles. The van der Waals surface area contributed by atoms with Gasteiger partial charge in [-0.05, 0) is 18.2 Å². The second-order valence-electron chi connectivity index (χ2n) is 6.12. The van der Waals surface area contributed by atoms with Crippen molar-refractivity contribution in [3.05, 3.63) is 107 Å². The van der Waals surface area contributed by atoms with Crippen LogP contribution in [0, 0.1) is 0 Å². The number of carbonyl (C=O) groups excluding carboxylic acids is 3. The minimum absolute atomic E-state index is 0.200. The van der Waals surface area contributed by atoms with Crippen molar-refractivity contribution in [2.45, 2.75) is 0 Å². The van der Waals surface area contributed by atoms with Crippen molar-refractivity contribution in [2.24, 2.45) is 0 Å². The lowest BCUT2D eigenvalue weighted by Gasteiger charge is -2.10. The molecule has 0 aromatic heterocycles. The van der Waals surface area contributed by atoms with Crippen LogP contribution in [0.25, 0.3) is 0 Å². The van der Waals surface area contributed by atoms with E-state index in [1.54, 1.807) is 72.8 Å². The molecule has 0 atom stereocenters. The van der Waals surface area contributed by atoms with Crippen molar-refractivity contribution in [2.75, 3.05) is 13.1 Å². The minimum atomic E-state index is -0.353. The van der Waals surface area contributed by atoms with Gasteiger partial charge < -0.3 is 10.6 Å². The van der Waals surface area contributed by atoms with Crippen LogP contribution < -0.4 is 10.6 Å². The fraction of sp³-hybridized carbons (Fsp3) is 0.0870.